The van der Waals surface area contributed by atoms with Gasteiger partial charge in [0.05, 0.1) is 12.7 Å². The summed E-state index contributed by atoms with van der Waals surface area (Å²) in [5.74, 6) is -1.16. The Morgan fingerprint density at radius 2 is 1.90 bits per heavy atom. The van der Waals surface area contributed by atoms with Crippen molar-refractivity contribution in [1.82, 2.24) is 9.78 Å². The molecule has 2 aromatic carbocycles. The number of nitrogen functional groups attached to an aromatic ring is 1. The first-order valence-corrected chi connectivity index (χ1v) is 6.44. The third-order valence-corrected chi connectivity index (χ3v) is 3.20. The lowest BCUT2D eigenvalue weighted by Crippen LogP contribution is -2.02. The van der Waals surface area contributed by atoms with E-state index in [0.29, 0.717) is 11.3 Å². The number of nitrogens with zero attached hydrogens (tertiary/aromatic N) is 2. The molecule has 0 fully saturated rings. The number of hydrogen-bond donors (Lipinski definition) is 1. The summed E-state index contributed by atoms with van der Waals surface area (Å²) in [4.78, 5) is 0. The van der Waals surface area contributed by atoms with Crippen molar-refractivity contribution in [3.63, 3.8) is 0 Å². The minimum Gasteiger partial charge on any atom is -0.399 e. The molecule has 0 bridgehead atoms. The Bertz CT molecular complexity index is 781. The zero-order valence-corrected chi connectivity index (χ0v) is 11.1. The maximum absolute atomic E-state index is 13.6. The molecule has 1 aromatic heterocycles. The average molecular weight is 285 g/mol. The Kier molecular flexibility index (Phi) is 3.39. The van der Waals surface area contributed by atoms with Crippen LogP contribution in [0.3, 0.4) is 0 Å². The van der Waals surface area contributed by atoms with E-state index in [0.717, 1.165) is 17.2 Å². The molecule has 3 rings (SSSR count). The van der Waals surface area contributed by atoms with Crippen molar-refractivity contribution in [2.24, 2.45) is 0 Å². The lowest BCUT2D eigenvalue weighted by molar-refractivity contribution is 0.558. The summed E-state index contributed by atoms with van der Waals surface area (Å²) in [6.45, 7) is 0.244. The second-order valence-electron chi connectivity index (χ2n) is 4.79. The summed E-state index contributed by atoms with van der Waals surface area (Å²) in [7, 11) is 0. The van der Waals surface area contributed by atoms with Gasteiger partial charge < -0.3 is 5.73 Å². The molecule has 5 heteroatoms. The number of nitrogens with two attached hydrogens (primary N) is 1. The van der Waals surface area contributed by atoms with Crippen LogP contribution in [0, 0.1) is 11.6 Å². The molecule has 0 aliphatic carbocycles. The largest absolute Gasteiger partial charge is 0.399 e. The van der Waals surface area contributed by atoms with Gasteiger partial charge in [0.1, 0.15) is 11.6 Å². The van der Waals surface area contributed by atoms with Crippen LogP contribution in [-0.4, -0.2) is 9.78 Å². The summed E-state index contributed by atoms with van der Waals surface area (Å²) in [6.07, 6.45) is 3.49. The summed E-state index contributed by atoms with van der Waals surface area (Å²) in [5.41, 5.74) is 8.65. The molecule has 0 unspecified atom stereocenters. The van der Waals surface area contributed by atoms with Gasteiger partial charge in [0.25, 0.3) is 0 Å². The molecule has 0 saturated heterocycles. The molecule has 21 heavy (non-hydrogen) atoms. The molecular formula is C16H13F2N3. The highest BCUT2D eigenvalue weighted by Gasteiger charge is 2.07. The second-order valence-corrected chi connectivity index (χ2v) is 4.79. The molecule has 106 valence electrons. The third kappa shape index (κ3) is 2.91. The number of rotatable bonds is 3. The topological polar surface area (TPSA) is 43.8 Å². The lowest BCUT2D eigenvalue weighted by atomic mass is 10.1. The van der Waals surface area contributed by atoms with E-state index in [9.17, 15) is 8.78 Å². The molecule has 3 aromatic rings. The summed E-state index contributed by atoms with van der Waals surface area (Å²) < 4.78 is 28.1. The number of benzene rings is 2. The average Bonchev–Trinajstić information content (AvgIpc) is 2.91. The zero-order chi connectivity index (χ0) is 14.8. The fraction of sp³-hybridized carbons (Fsp3) is 0.0625. The predicted octanol–water partition coefficient (Wildman–Crippen LogP) is 3.46. The molecular weight excluding hydrogens is 272 g/mol. The van der Waals surface area contributed by atoms with Crippen molar-refractivity contribution in [2.75, 3.05) is 5.73 Å². The molecule has 0 amide bonds. The van der Waals surface area contributed by atoms with E-state index in [1.807, 2.05) is 24.3 Å². The maximum Gasteiger partial charge on any atom is 0.131 e. The predicted molar refractivity (Wildman–Crippen MR) is 77.5 cm³/mol. The van der Waals surface area contributed by atoms with Crippen molar-refractivity contribution in [3.8, 4) is 11.1 Å². The minimum absolute atomic E-state index is 0.244. The van der Waals surface area contributed by atoms with Gasteiger partial charge in [-0.15, -0.1) is 0 Å². The van der Waals surface area contributed by atoms with Crippen molar-refractivity contribution >= 4 is 5.69 Å². The van der Waals surface area contributed by atoms with Crippen molar-refractivity contribution in [1.29, 1.82) is 0 Å². The first-order chi connectivity index (χ1) is 10.1. The number of hydrogen-bond acceptors (Lipinski definition) is 2. The van der Waals surface area contributed by atoms with Gasteiger partial charge in [-0.2, -0.15) is 5.10 Å². The molecule has 1 heterocycles. The normalized spacial score (nSPS) is 10.8. The quantitative estimate of drug-likeness (QED) is 0.749. The second kappa shape index (κ2) is 5.36. The van der Waals surface area contributed by atoms with Gasteiger partial charge >= 0.3 is 0 Å². The number of anilines is 1. The molecule has 0 spiro atoms. The van der Waals surface area contributed by atoms with E-state index in [1.54, 1.807) is 17.1 Å². The van der Waals surface area contributed by atoms with E-state index in [4.69, 9.17) is 5.73 Å². The summed E-state index contributed by atoms with van der Waals surface area (Å²) in [5, 5.41) is 4.20. The van der Waals surface area contributed by atoms with Gasteiger partial charge in [-0.3, -0.25) is 4.68 Å². The van der Waals surface area contributed by atoms with Crippen molar-refractivity contribution < 1.29 is 8.78 Å². The Morgan fingerprint density at radius 1 is 1.05 bits per heavy atom. The van der Waals surface area contributed by atoms with Crippen LogP contribution in [0.5, 0.6) is 0 Å². The summed E-state index contributed by atoms with van der Waals surface area (Å²) >= 11 is 0. The van der Waals surface area contributed by atoms with E-state index in [1.165, 1.54) is 12.1 Å². The standard InChI is InChI=1S/C16H13F2N3/c17-14-5-4-12(16(18)7-14)9-21-10-13(8-20-21)11-2-1-3-15(19)6-11/h1-8,10H,9,19H2. The zero-order valence-electron chi connectivity index (χ0n) is 11.1. The Balaban J connectivity index is 1.85. The first-order valence-electron chi connectivity index (χ1n) is 6.44. The molecule has 2 N–H and O–H groups in total. The molecule has 0 aliphatic heterocycles. The first kappa shape index (κ1) is 13.3. The van der Waals surface area contributed by atoms with Crippen LogP contribution in [0.4, 0.5) is 14.5 Å². The number of halogens is 2. The summed E-state index contributed by atoms with van der Waals surface area (Å²) in [6, 6.07) is 11.0. The van der Waals surface area contributed by atoms with E-state index in [-0.39, 0.29) is 6.54 Å². The lowest BCUT2D eigenvalue weighted by Gasteiger charge is -2.03. The minimum atomic E-state index is -0.586. The van der Waals surface area contributed by atoms with Gasteiger partial charge in [-0.25, -0.2) is 8.78 Å². The molecule has 0 saturated carbocycles. The van der Waals surface area contributed by atoms with Crippen LogP contribution in [0.1, 0.15) is 5.56 Å². The Hall–Kier alpha value is -2.69. The van der Waals surface area contributed by atoms with Gasteiger partial charge in [-0.05, 0) is 23.8 Å². The van der Waals surface area contributed by atoms with Crippen molar-refractivity contribution in [3.05, 3.63) is 72.1 Å². The monoisotopic (exact) mass is 285 g/mol. The van der Waals surface area contributed by atoms with Gasteiger partial charge in [0, 0.05) is 29.1 Å². The van der Waals surface area contributed by atoms with Gasteiger partial charge in [0.2, 0.25) is 0 Å². The van der Waals surface area contributed by atoms with Gasteiger partial charge in [0.15, 0.2) is 0 Å². The van der Waals surface area contributed by atoms with Gasteiger partial charge in [-0.1, -0.05) is 18.2 Å². The molecule has 0 atom stereocenters. The smallest absolute Gasteiger partial charge is 0.131 e. The fourth-order valence-electron chi connectivity index (χ4n) is 2.14. The highest BCUT2D eigenvalue weighted by atomic mass is 19.1. The van der Waals surface area contributed by atoms with E-state index < -0.39 is 11.6 Å². The maximum atomic E-state index is 13.6. The third-order valence-electron chi connectivity index (χ3n) is 3.20. The highest BCUT2D eigenvalue weighted by Crippen LogP contribution is 2.21. The van der Waals surface area contributed by atoms with Crippen LogP contribution >= 0.6 is 0 Å². The highest BCUT2D eigenvalue weighted by molar-refractivity contribution is 5.65. The fourth-order valence-corrected chi connectivity index (χ4v) is 2.14. The van der Waals surface area contributed by atoms with E-state index >= 15 is 0 Å². The number of aromatic nitrogens is 2. The van der Waals surface area contributed by atoms with Crippen LogP contribution in [-0.2, 0) is 6.54 Å². The molecule has 0 radical (unpaired) electrons. The Morgan fingerprint density at radius 3 is 2.67 bits per heavy atom. The molecule has 3 nitrogen and oxygen atoms in total. The van der Waals surface area contributed by atoms with E-state index in [2.05, 4.69) is 5.10 Å². The van der Waals surface area contributed by atoms with Crippen LogP contribution in [0.15, 0.2) is 54.9 Å². The van der Waals surface area contributed by atoms with Crippen molar-refractivity contribution in [2.45, 2.75) is 6.54 Å². The van der Waals surface area contributed by atoms with Crippen LogP contribution in [0.25, 0.3) is 11.1 Å². The SMILES string of the molecule is Nc1cccc(-c2cnn(Cc3ccc(F)cc3F)c2)c1. The Labute approximate surface area is 120 Å². The molecule has 0 aliphatic rings. The van der Waals surface area contributed by atoms with Crippen LogP contribution in [0.2, 0.25) is 0 Å². The van der Waals surface area contributed by atoms with Crippen LogP contribution < -0.4 is 5.73 Å².